The number of aromatic nitrogens is 4. The van der Waals surface area contributed by atoms with Gasteiger partial charge in [0.15, 0.2) is 37.4 Å². The minimum absolute atomic E-state index is 0. The molecule has 0 fully saturated rings. The number of aliphatic hydroxyl groups is 1. The molecule has 0 saturated heterocycles. The van der Waals surface area contributed by atoms with Crippen LogP contribution in [0.5, 0.6) is 5.88 Å². The number of alkyl halides is 3. The Kier molecular flexibility index (Phi) is 30.9. The molecule has 2 aliphatic heterocycles. The molecular weight excluding hydrogens is 1360 g/mol. The number of rotatable bonds is 9. The van der Waals surface area contributed by atoms with Crippen molar-refractivity contribution >= 4 is 79.4 Å². The van der Waals surface area contributed by atoms with Crippen LogP contribution in [0.15, 0.2) is 71.2 Å². The number of hydrogen-bond donors (Lipinski definition) is 2. The predicted octanol–water partition coefficient (Wildman–Crippen LogP) is 1.19. The summed E-state index contributed by atoms with van der Waals surface area (Å²) in [6.07, 6.45) is 10.2. The summed E-state index contributed by atoms with van der Waals surface area (Å²) in [5, 5.41) is 16.7. The maximum Gasteiger partial charge on any atom is 1.00 e. The molecule has 0 saturated carbocycles. The first-order chi connectivity index (χ1) is 35.4. The van der Waals surface area contributed by atoms with Crippen molar-refractivity contribution in [3.8, 4) is 30.6 Å². The van der Waals surface area contributed by atoms with Gasteiger partial charge in [-0.1, -0.05) is 35.6 Å². The third-order valence-corrected chi connectivity index (χ3v) is 16.9. The summed E-state index contributed by atoms with van der Waals surface area (Å²) >= 11 is 5.65. The summed E-state index contributed by atoms with van der Waals surface area (Å²) in [6.45, 7) is 13.8. The van der Waals surface area contributed by atoms with Crippen molar-refractivity contribution in [1.82, 2.24) is 19.9 Å². The number of hydrogen-bond acceptors (Lipinski definition) is 17. The van der Waals surface area contributed by atoms with Gasteiger partial charge < -0.3 is 27.1 Å². The number of terminal acetylenes is 2. The van der Waals surface area contributed by atoms with Crippen LogP contribution in [0.4, 0.5) is 30.7 Å². The van der Waals surface area contributed by atoms with E-state index in [0.29, 0.717) is 11.3 Å². The third-order valence-electron chi connectivity index (χ3n) is 11.2. The molecule has 4 atom stereocenters. The molecule has 2 aromatic carbocycles. The van der Waals surface area contributed by atoms with E-state index in [0.717, 1.165) is 12.1 Å². The van der Waals surface area contributed by atoms with Gasteiger partial charge in [-0.2, -0.15) is 13.2 Å². The number of carbonyl (C=O) groups excluding carboxylic acids is 2. The first kappa shape index (κ1) is 76.0. The predicted molar refractivity (Wildman–Crippen MR) is 275 cm³/mol. The summed E-state index contributed by atoms with van der Waals surface area (Å²) in [6, 6.07) is 7.80. The Morgan fingerprint density at radius 2 is 1.19 bits per heavy atom. The number of halogens is 8. The Morgan fingerprint density at radius 1 is 0.785 bits per heavy atom. The molecule has 29 heteroatoms. The molecular formula is C50H53ClCs2F7N7O10S2. The van der Waals surface area contributed by atoms with E-state index in [1.54, 1.807) is 41.5 Å². The molecule has 0 radical (unpaired) electrons. The minimum atomic E-state index is -4.64. The van der Waals surface area contributed by atoms with Gasteiger partial charge in [0.2, 0.25) is 12.2 Å². The Labute approximate surface area is 577 Å². The fourth-order valence-corrected chi connectivity index (χ4v) is 10.0. The number of aliphatic imine (C=N–C) groups is 2. The summed E-state index contributed by atoms with van der Waals surface area (Å²) in [4.78, 5) is 44.3. The van der Waals surface area contributed by atoms with Crippen LogP contribution in [0.25, 0.3) is 23.8 Å². The number of amidine groups is 1. The van der Waals surface area contributed by atoms with E-state index in [4.69, 9.17) is 48.4 Å². The minimum Gasteiger partial charge on any atom is -1.00 e. The number of benzene rings is 2. The smallest absolute Gasteiger partial charge is 1.00 e. The second-order valence-corrected chi connectivity index (χ2v) is 23.3. The Bertz CT molecular complexity index is 3220. The van der Waals surface area contributed by atoms with Crippen LogP contribution in [-0.4, -0.2) is 106 Å². The zero-order valence-corrected chi connectivity index (χ0v) is 59.5. The number of aliphatic hydroxyl groups excluding tert-OH is 1. The summed E-state index contributed by atoms with van der Waals surface area (Å²) < 4.78 is 144. The van der Waals surface area contributed by atoms with Gasteiger partial charge in [0.25, 0.3) is 6.47 Å². The Morgan fingerprint density at radius 3 is 1.52 bits per heavy atom. The molecule has 0 unspecified atom stereocenters. The van der Waals surface area contributed by atoms with Crippen molar-refractivity contribution in [3.63, 3.8) is 0 Å². The Hall–Kier alpha value is -3.00. The van der Waals surface area contributed by atoms with E-state index in [2.05, 4.69) is 53.1 Å². The standard InChI is InChI=1S/C23H24F2N4O3S.C20H20ClF2N3O2S.C4H6O.C2HF3O.CH2O3.2Cs.H/c1-6-14(2)32-20-12-27-19(11-28-20)18(25)10-15-7-8-17(24)16(9-15)23(5)13-33(30,31)22(3,4)21(26)29-23;1-12-19(2,3)29(27,28)11-20(4,26-12)14-7-13(5-6-15(14)22)8-16(23)17-9-25-18(21)10-24-17;1-3-4(2)5;3-2(4,5)1-6;2-1-4-3;;;/h1,7-12,14H,13H2,2-5H3,(H2,26,29);5-10H,11H2,1-4H3;1,4-5H,2H3;1H;1,3H;;;/q;;;;;2*+1;-1/p-1/b18-10-;16-8-;;;;;;/t14-,23-;20-;4-;;;;;/m000...../s1. The van der Waals surface area contributed by atoms with Gasteiger partial charge >= 0.3 is 144 Å². The van der Waals surface area contributed by atoms with Crippen molar-refractivity contribution in [2.45, 2.75) is 101 Å². The van der Waals surface area contributed by atoms with E-state index in [1.165, 1.54) is 82.0 Å². The van der Waals surface area contributed by atoms with E-state index in [1.807, 2.05) is 0 Å². The van der Waals surface area contributed by atoms with Gasteiger partial charge in [0, 0.05) is 16.8 Å². The van der Waals surface area contributed by atoms with Crippen molar-refractivity contribution in [2.75, 3.05) is 11.5 Å². The SMILES string of the molecule is C#C[C@H](C)O.C#C[C@H](C)Oc1cnc(/C(F)=C/c2ccc(F)c([C@]3(C)CS(=O)(=O)C(C)(C)C(N)=N3)c2)cn1.CC1=N[C@](C)(c2cc(/C=C(\F)c3cnc(Cl)cn3)ccc2F)CS(=O)(=O)C1(C)C.O=CC(F)(F)F.O=CO[O-].[Cs+].[Cs+].[H-]. The van der Waals surface area contributed by atoms with E-state index >= 15 is 0 Å². The fourth-order valence-electron chi connectivity index (χ4n) is 6.41. The van der Waals surface area contributed by atoms with Gasteiger partial charge in [-0.25, -0.2) is 54.3 Å². The van der Waals surface area contributed by atoms with Crippen molar-refractivity contribution in [3.05, 3.63) is 112 Å². The van der Waals surface area contributed by atoms with Crippen LogP contribution >= 0.6 is 11.6 Å². The second-order valence-electron chi connectivity index (χ2n) is 17.8. The number of sulfone groups is 2. The van der Waals surface area contributed by atoms with Crippen molar-refractivity contribution in [1.29, 1.82) is 0 Å². The molecule has 0 aliphatic carbocycles. The molecule has 0 bridgehead atoms. The van der Waals surface area contributed by atoms with E-state index < -0.39 is 94.0 Å². The normalized spacial score (nSPS) is 20.1. The summed E-state index contributed by atoms with van der Waals surface area (Å²) in [7, 11) is -7.31. The number of nitrogens with zero attached hydrogens (tertiary/aromatic N) is 6. The van der Waals surface area contributed by atoms with Crippen molar-refractivity contribution in [2.24, 2.45) is 15.7 Å². The molecule has 17 nitrogen and oxygen atoms in total. The van der Waals surface area contributed by atoms with Crippen LogP contribution < -0.4 is 154 Å². The average molecular weight is 1410 g/mol. The summed E-state index contributed by atoms with van der Waals surface area (Å²) in [5.41, 5.74) is 4.15. The van der Waals surface area contributed by atoms with Gasteiger partial charge in [0.05, 0.1) is 41.8 Å². The number of aldehydes is 1. The molecule has 79 heavy (non-hydrogen) atoms. The van der Waals surface area contributed by atoms with E-state index in [-0.39, 0.29) is 196 Å². The monoisotopic (exact) mass is 1410 g/mol. The molecule has 6 rings (SSSR count). The van der Waals surface area contributed by atoms with Crippen LogP contribution in [-0.2, 0) is 45.2 Å². The molecule has 4 heterocycles. The quantitative estimate of drug-likeness (QED) is 0.0784. The Balaban J connectivity index is 0. The maximum absolute atomic E-state index is 14.8. The molecule has 0 amide bonds. The van der Waals surface area contributed by atoms with Crippen LogP contribution in [0.2, 0.25) is 5.15 Å². The molecule has 418 valence electrons. The molecule has 2 aromatic heterocycles. The number of nitrogens with two attached hydrogens (primary N) is 1. The largest absolute Gasteiger partial charge is 1.00 e. The topological polar surface area (TPSA) is 266 Å². The first-order valence-corrected chi connectivity index (χ1v) is 25.6. The number of carbonyl (C=O) groups is 2. The van der Waals surface area contributed by atoms with Crippen molar-refractivity contribution < 1.29 is 216 Å². The maximum atomic E-state index is 14.8. The summed E-state index contributed by atoms with van der Waals surface area (Å²) in [5.74, 6) is 0.998. The van der Waals surface area contributed by atoms with Gasteiger partial charge in [-0.15, -0.1) is 12.8 Å². The average Bonchev–Trinajstić information content (AvgIpc) is 3.34. The fraction of sp³-hybridized carbons (Fsp3) is 0.360. The third kappa shape index (κ3) is 21.9. The molecule has 4 aromatic rings. The van der Waals surface area contributed by atoms with Crippen LogP contribution in [0.3, 0.4) is 0 Å². The number of ether oxygens (including phenoxy) is 1. The zero-order valence-electron chi connectivity index (χ0n) is 45.5. The van der Waals surface area contributed by atoms with Crippen LogP contribution in [0, 0.1) is 36.3 Å². The van der Waals surface area contributed by atoms with Gasteiger partial charge in [-0.3, -0.25) is 19.6 Å². The molecule has 3 N–H and O–H groups in total. The zero-order chi connectivity index (χ0) is 59.1. The van der Waals surface area contributed by atoms with Crippen LogP contribution in [0.1, 0.15) is 97.4 Å². The molecule has 0 spiro atoms. The second kappa shape index (κ2) is 32.2. The molecule has 2 aliphatic rings. The van der Waals surface area contributed by atoms with E-state index in [9.17, 15) is 47.6 Å². The van der Waals surface area contributed by atoms with Gasteiger partial charge in [-0.05, 0) is 110 Å². The van der Waals surface area contributed by atoms with Gasteiger partial charge in [0.1, 0.15) is 55.1 Å². The first-order valence-electron chi connectivity index (χ1n) is 21.9.